The van der Waals surface area contributed by atoms with Crippen molar-refractivity contribution in [1.29, 1.82) is 0 Å². The van der Waals surface area contributed by atoms with Gasteiger partial charge in [-0.2, -0.15) is 29.7 Å². The van der Waals surface area contributed by atoms with Crippen LogP contribution in [0.5, 0.6) is 11.5 Å². The molecule has 6 aliphatic carbocycles. The summed E-state index contributed by atoms with van der Waals surface area (Å²) in [7, 11) is 1.13. The molecule has 0 spiro atoms. The highest BCUT2D eigenvalue weighted by Gasteiger charge is 2.44. The van der Waals surface area contributed by atoms with Gasteiger partial charge in [-0.15, -0.1) is 0 Å². The number of aliphatic hydroxyl groups excluding tert-OH is 16. The van der Waals surface area contributed by atoms with E-state index in [1.165, 1.54) is 18.2 Å². The fourth-order valence-electron chi connectivity index (χ4n) is 14.9. The topological polar surface area (TPSA) is 885 Å². The van der Waals surface area contributed by atoms with E-state index in [0.29, 0.717) is 95.4 Å². The van der Waals surface area contributed by atoms with Crippen LogP contribution >= 0.6 is 31.9 Å². The van der Waals surface area contributed by atoms with E-state index < -0.39 is 140 Å². The molecular weight excluding hydrogens is 2030 g/mol. The number of allylic oxidation sites excluding steroid dienone is 2. The molecular formula is C85H150Br2N10O41Si2. The number of rotatable bonds is 40. The fraction of sp³-hybridized carbons (Fsp3) is 0.741. The zero-order valence-corrected chi connectivity index (χ0v) is 85.4. The Labute approximate surface area is 829 Å². The number of nitrogens with zero attached hydrogens (tertiary/aromatic N) is 5. The third-order valence-corrected chi connectivity index (χ3v) is 25.4. The van der Waals surface area contributed by atoms with E-state index >= 15 is 0 Å². The molecule has 55 heteroatoms. The molecule has 0 heterocycles. The standard InChI is InChI=1S/C14H29NO6Si.C12H18N2O6.2C11H20N2O4.C11H19NO5.C8H9BrO4.C8H15BrO2.C6H15NO4Si.C2H5NO2.2CO2/c1-22(2,3)21-15(13(9-18)14(19)20)12-6-4-5-10(7-16)11(12)8-17;1-20-11-7(13-5-10(16)17)3-2-4-8(11)14-9(6-15)12(18)19;1-12-8-3-2-4-9(7(8)5-14)13-10(6-15)11(16)17;1-12-10-7(5-14)3-2-4-8(10)13-9(6-15)11(16)17;13-4-7-2-1-3-9(8(7)5-14)12-10(6-15)11(16)17;9-7-5(3-11)4(2-10)1-6(12)8(7)13;9-8-3-1-2-6(4-10)7(8)5-11;1-12(2,3)11-7-5(4-8)6(9)10;3-1-2(4)5;2*2-1-3/h10-13,16-18H,4-9H2,1-3H3,(H,19,20);9,14-15H,2-6H2,1H3,(H,16,17)(H,18,19);7-8,10,12,14-15H,2-6H2,1H3,(H,16,17);7,9-10,12,14-15H,2-6H2,1H3,(H,16,17);7-8,10,13-15H,1-6H2,(H,16,17);1,10-13H,2-3H2;6-8,10-11H,1-5H2;5,7-8H,4H2,1-3H3,(H,9,10);1,3H2,(H,4,5);;/t10?,11?,12?,13-;9-;7?,8?,10-;7?,9-,10?;7?,8?,10-;;;5-;;;/m01000..0.../s1. The molecule has 0 saturated heterocycles. The highest BCUT2D eigenvalue weighted by molar-refractivity contribution is 9.10. The van der Waals surface area contributed by atoms with Gasteiger partial charge in [0.2, 0.25) is 16.6 Å². The molecule has 0 aromatic heterocycles. The Morgan fingerprint density at radius 3 is 1.31 bits per heavy atom. The Balaban J connectivity index is -0.000000748. The van der Waals surface area contributed by atoms with Gasteiger partial charge >= 0.3 is 60.1 Å². The zero-order valence-electron chi connectivity index (χ0n) is 80.2. The van der Waals surface area contributed by atoms with Gasteiger partial charge in [0.1, 0.15) is 12.6 Å². The van der Waals surface area contributed by atoms with Crippen LogP contribution in [0.1, 0.15) is 127 Å². The number of hydroxylamine groups is 3. The molecule has 12 unspecified atom stereocenters. The first-order chi connectivity index (χ1) is 66.0. The number of aromatic hydroxyl groups is 2. The van der Waals surface area contributed by atoms with Gasteiger partial charge in [0.25, 0.3) is 0 Å². The van der Waals surface area contributed by atoms with Crippen molar-refractivity contribution >= 4 is 131 Å². The average Bonchev–Trinajstić information content (AvgIpc) is 0.797. The minimum absolute atomic E-state index is 0.0406. The normalized spacial score (nSPS) is 23.4. The molecule has 32 N–H and O–H groups in total. The van der Waals surface area contributed by atoms with E-state index in [1.807, 2.05) is 46.3 Å². The SMILES string of the molecule is CNC1C(=N[C@@H](CO)C(=O)O)CCCC1CO.CNC1CCCC(=N[C@@H](CO)C(=O)O)C1CO.COC1=C(N[C@H](CO)C(=O)O)CCCC1=NCC(=O)O.C[Si](C)(C)ON(C1CCCC(CO)C1CO)[C@@H](CO)C(=O)O.C[Si](C)(C)ON[C@@H](CO)C(=O)O.NCC(=O)O.O=C(O)[C@H](CO)N=C1CCCC(CO)C1CO.O=C=O.O=C=O.OCC1CCCC(Br)C1CO.OCc1cc(O)c(O)c(Br)c1CO. The Morgan fingerprint density at radius 1 is 0.500 bits per heavy atom. The summed E-state index contributed by atoms with van der Waals surface area (Å²) in [5.41, 5.74) is 10.7. The van der Waals surface area contributed by atoms with Gasteiger partial charge < -0.3 is 168 Å². The monoisotopic (exact) mass is 2180 g/mol. The van der Waals surface area contributed by atoms with Crippen LogP contribution in [0.15, 0.2) is 42.0 Å². The van der Waals surface area contributed by atoms with E-state index in [2.05, 4.69) is 79.0 Å². The number of carbonyl (C=O) groups excluding carboxylic acids is 4. The number of alkyl halides is 1. The van der Waals surface area contributed by atoms with Gasteiger partial charge in [0.05, 0.1) is 95.6 Å². The fourth-order valence-corrected chi connectivity index (χ4v) is 17.8. The molecule has 0 aliphatic heterocycles. The lowest BCUT2D eigenvalue weighted by molar-refractivity contribution is -0.196. The average molecular weight is 2180 g/mol. The number of aliphatic carboxylic acids is 8. The molecule has 808 valence electrons. The molecule has 7 rings (SSSR count). The summed E-state index contributed by atoms with van der Waals surface area (Å²) >= 11 is 6.53. The summed E-state index contributed by atoms with van der Waals surface area (Å²) in [5, 5.41) is 244. The number of hydrogen-bond acceptors (Lipinski definition) is 43. The van der Waals surface area contributed by atoms with Crippen molar-refractivity contribution in [2.75, 3.05) is 127 Å². The molecule has 5 fully saturated rings. The molecule has 51 nitrogen and oxygen atoms in total. The predicted molar refractivity (Wildman–Crippen MR) is 510 cm³/mol. The summed E-state index contributed by atoms with van der Waals surface area (Å²) in [4.78, 5) is 134. The van der Waals surface area contributed by atoms with E-state index in [4.69, 9.17) is 120 Å². The lowest BCUT2D eigenvalue weighted by Crippen LogP contribution is -2.58. The number of phenolic OH excluding ortho intramolecular Hbond substituents is 2. The number of nitrogens with one attached hydrogen (secondary N) is 4. The number of ether oxygens (including phenoxy) is 1. The number of nitrogens with two attached hydrogens (primary N) is 1. The van der Waals surface area contributed by atoms with Crippen molar-refractivity contribution < 1.29 is 204 Å². The maximum atomic E-state index is 11.5. The van der Waals surface area contributed by atoms with Crippen molar-refractivity contribution in [2.45, 2.75) is 227 Å². The van der Waals surface area contributed by atoms with Crippen LogP contribution in [0, 0.1) is 47.3 Å². The van der Waals surface area contributed by atoms with Crippen LogP contribution in [0.3, 0.4) is 0 Å². The quantitative estimate of drug-likeness (QED) is 0.0137. The summed E-state index contributed by atoms with van der Waals surface area (Å²) in [6.07, 6.45) is 15.3. The van der Waals surface area contributed by atoms with Crippen LogP contribution in [0.25, 0.3) is 0 Å². The summed E-state index contributed by atoms with van der Waals surface area (Å²) in [6.45, 7) is 7.19. The minimum atomic E-state index is -2.10. The number of aliphatic hydroxyl groups is 16. The molecule has 1 aromatic carbocycles. The largest absolute Gasteiger partial charge is 0.504 e. The van der Waals surface area contributed by atoms with Gasteiger partial charge in [-0.05, 0) is 207 Å². The van der Waals surface area contributed by atoms with E-state index in [9.17, 15) is 84.3 Å². The Hall–Kier alpha value is -8.17. The number of carboxylic acid groups (broad SMARTS) is 8. The van der Waals surface area contributed by atoms with Gasteiger partial charge in [0.15, 0.2) is 47.5 Å². The molecule has 140 heavy (non-hydrogen) atoms. The van der Waals surface area contributed by atoms with E-state index in [-0.39, 0.29) is 167 Å². The first kappa shape index (κ1) is 138. The maximum absolute atomic E-state index is 11.5. The highest BCUT2D eigenvalue weighted by Crippen LogP contribution is 2.40. The Kier molecular flexibility index (Phi) is 77.2. The van der Waals surface area contributed by atoms with Crippen LogP contribution in [0.2, 0.25) is 39.3 Å². The van der Waals surface area contributed by atoms with Crippen LogP contribution in [-0.4, -0.2) is 423 Å². The number of carboxylic acids is 8. The molecule has 0 amide bonds. The number of aliphatic imine (C=N–C) groups is 4. The highest BCUT2D eigenvalue weighted by atomic mass is 79.9. The summed E-state index contributed by atoms with van der Waals surface area (Å²) in [6, 6.07) is -5.79. The molecule has 6 aliphatic rings. The minimum Gasteiger partial charge on any atom is -0.504 e. The third kappa shape index (κ3) is 54.0. The second-order valence-electron chi connectivity index (χ2n) is 33.8. The molecule has 1 aromatic rings. The van der Waals surface area contributed by atoms with Gasteiger partial charge in [-0.25, -0.2) is 19.2 Å². The Morgan fingerprint density at radius 2 is 0.943 bits per heavy atom. The molecule has 0 bridgehead atoms. The van der Waals surface area contributed by atoms with Crippen molar-refractivity contribution in [3.63, 3.8) is 0 Å². The maximum Gasteiger partial charge on any atom is 0.373 e. The smallest absolute Gasteiger partial charge is 0.373 e. The lowest BCUT2D eigenvalue weighted by Gasteiger charge is -2.45. The summed E-state index contributed by atoms with van der Waals surface area (Å²) in [5.74, 6) is -9.41. The van der Waals surface area contributed by atoms with Crippen molar-refractivity contribution in [3.8, 4) is 11.5 Å². The number of benzene rings is 1. The van der Waals surface area contributed by atoms with E-state index in [1.54, 1.807) is 7.05 Å². The number of hydrogen-bond donors (Lipinski definition) is 31. The molecule has 18 atom stereocenters. The third-order valence-electron chi connectivity index (χ3n) is 22.0. The number of carbonyl (C=O) groups is 8. The first-order valence-electron chi connectivity index (χ1n) is 44.6. The number of methoxy groups -OCH3 is 1. The van der Waals surface area contributed by atoms with Crippen molar-refractivity contribution in [2.24, 2.45) is 73.0 Å². The number of halogens is 2. The lowest BCUT2D eigenvalue weighted by atomic mass is 9.76. The van der Waals surface area contributed by atoms with E-state index in [0.717, 1.165) is 76.3 Å². The number of phenols is 2. The van der Waals surface area contributed by atoms with Crippen LogP contribution in [-0.2, 0) is 84.5 Å². The molecule has 5 saturated carbocycles. The second-order valence-corrected chi connectivity index (χ2v) is 44.6. The van der Waals surface area contributed by atoms with Crippen molar-refractivity contribution in [3.05, 3.63) is 33.1 Å². The van der Waals surface area contributed by atoms with Crippen LogP contribution in [0.4, 0.5) is 0 Å². The second kappa shape index (κ2) is 78.3. The van der Waals surface area contributed by atoms with Gasteiger partial charge in [-0.1, -0.05) is 28.8 Å². The zero-order chi connectivity index (χ0) is 108. The Bertz CT molecular complexity index is 3830. The predicted octanol–water partition coefficient (Wildman–Crippen LogP) is -2.71. The van der Waals surface area contributed by atoms with Crippen LogP contribution < -0.4 is 27.2 Å². The first-order valence-corrected chi connectivity index (χ1v) is 53.2. The van der Waals surface area contributed by atoms with Gasteiger partial charge in [-0.3, -0.25) is 39.1 Å². The summed E-state index contributed by atoms with van der Waals surface area (Å²) < 4.78 is 16.4. The van der Waals surface area contributed by atoms with Gasteiger partial charge in [0, 0.05) is 109 Å². The van der Waals surface area contributed by atoms with Crippen molar-refractivity contribution in [1.82, 2.24) is 26.5 Å². The molecule has 0 radical (unpaired) electrons.